The largest absolute Gasteiger partial charge is 0.490 e. The van der Waals surface area contributed by atoms with E-state index in [0.29, 0.717) is 0 Å². The number of carboxylic acids is 2. The van der Waals surface area contributed by atoms with Crippen molar-refractivity contribution in [3.8, 4) is 0 Å². The van der Waals surface area contributed by atoms with E-state index in [1.807, 2.05) is 0 Å². The first-order chi connectivity index (χ1) is 14.6. The van der Waals surface area contributed by atoms with E-state index >= 15 is 0 Å². The van der Waals surface area contributed by atoms with Crippen molar-refractivity contribution >= 4 is 11.9 Å². The topological polar surface area (TPSA) is 110 Å². The number of rotatable bonds is 1. The van der Waals surface area contributed by atoms with Crippen LogP contribution in [0.1, 0.15) is 30.0 Å². The Balaban J connectivity index is 0.000000305. The molecule has 7 nitrogen and oxygen atoms in total. The highest BCUT2D eigenvalue weighted by atomic mass is 19.4. The van der Waals surface area contributed by atoms with Crippen molar-refractivity contribution in [1.29, 1.82) is 0 Å². The van der Waals surface area contributed by atoms with Crippen molar-refractivity contribution in [1.82, 2.24) is 10.2 Å². The first kappa shape index (κ1) is 27.7. The summed E-state index contributed by atoms with van der Waals surface area (Å²) in [5.41, 5.74) is 2.66. The van der Waals surface area contributed by atoms with Gasteiger partial charge in [0.15, 0.2) is 0 Å². The summed E-state index contributed by atoms with van der Waals surface area (Å²) in [5, 5.41) is 28.5. The van der Waals surface area contributed by atoms with Crippen LogP contribution in [0.2, 0.25) is 0 Å². The fourth-order valence-corrected chi connectivity index (χ4v) is 3.84. The smallest absolute Gasteiger partial charge is 0.475 e. The average Bonchev–Trinajstić information content (AvgIpc) is 2.90. The van der Waals surface area contributed by atoms with E-state index in [9.17, 15) is 31.4 Å². The summed E-state index contributed by atoms with van der Waals surface area (Å²) in [4.78, 5) is 19.9. The minimum Gasteiger partial charge on any atom is -0.475 e. The van der Waals surface area contributed by atoms with Crippen molar-refractivity contribution in [2.45, 2.75) is 42.8 Å². The van der Waals surface area contributed by atoms with E-state index in [-0.39, 0.29) is 17.6 Å². The zero-order chi connectivity index (χ0) is 24.9. The van der Waals surface area contributed by atoms with Gasteiger partial charge in [-0.05, 0) is 51.2 Å². The van der Waals surface area contributed by atoms with Gasteiger partial charge in [-0.15, -0.1) is 0 Å². The van der Waals surface area contributed by atoms with Crippen LogP contribution >= 0.6 is 0 Å². The molecule has 0 bridgehead atoms. The summed E-state index contributed by atoms with van der Waals surface area (Å²) >= 11 is 0. The SMILES string of the molecule is CN(C)[C@@H]1c2ccccc2C2(CCNCC2)[C@H]1O.O=C(O)C(F)(F)F.O=C(O)C(F)(F)F. The van der Waals surface area contributed by atoms with E-state index < -0.39 is 24.3 Å². The molecule has 2 aliphatic rings. The van der Waals surface area contributed by atoms with Crippen LogP contribution in [-0.2, 0) is 15.0 Å². The van der Waals surface area contributed by atoms with Gasteiger partial charge in [-0.2, -0.15) is 26.3 Å². The van der Waals surface area contributed by atoms with Gasteiger partial charge < -0.3 is 25.5 Å². The summed E-state index contributed by atoms with van der Waals surface area (Å²) in [7, 11) is 4.12. The van der Waals surface area contributed by atoms with Gasteiger partial charge in [-0.25, -0.2) is 9.59 Å². The lowest BCUT2D eigenvalue weighted by Gasteiger charge is -2.39. The fraction of sp³-hybridized carbons (Fsp3) is 0.579. The van der Waals surface area contributed by atoms with Crippen molar-refractivity contribution in [2.75, 3.05) is 27.2 Å². The predicted octanol–water partition coefficient (Wildman–Crippen LogP) is 2.55. The molecule has 1 heterocycles. The minimum atomic E-state index is -5.08. The number of alkyl halides is 6. The lowest BCUT2D eigenvalue weighted by molar-refractivity contribution is -0.193. The normalized spacial score (nSPS) is 21.7. The number of hydrogen-bond donors (Lipinski definition) is 4. The number of halogens is 6. The maximum atomic E-state index is 10.9. The quantitative estimate of drug-likeness (QED) is 0.463. The number of benzene rings is 1. The summed E-state index contributed by atoms with van der Waals surface area (Å²) < 4.78 is 63.5. The Morgan fingerprint density at radius 1 is 0.969 bits per heavy atom. The van der Waals surface area contributed by atoms with Crippen molar-refractivity contribution in [2.24, 2.45) is 0 Å². The number of aliphatic hydroxyl groups is 1. The molecule has 0 aromatic heterocycles. The van der Waals surface area contributed by atoms with E-state index in [1.54, 1.807) is 0 Å². The Kier molecular flexibility index (Phi) is 9.07. The van der Waals surface area contributed by atoms with Gasteiger partial charge in [-0.3, -0.25) is 0 Å². The monoisotopic (exact) mass is 474 g/mol. The Bertz CT molecular complexity index is 767. The predicted molar refractivity (Wildman–Crippen MR) is 100 cm³/mol. The van der Waals surface area contributed by atoms with Crippen LogP contribution in [0, 0.1) is 0 Å². The summed E-state index contributed by atoms with van der Waals surface area (Å²) in [6.45, 7) is 2.01. The third-order valence-electron chi connectivity index (χ3n) is 5.22. The van der Waals surface area contributed by atoms with E-state index in [1.165, 1.54) is 11.1 Å². The molecule has 1 fully saturated rings. The highest BCUT2D eigenvalue weighted by molar-refractivity contribution is 5.73. The standard InChI is InChI=1S/C15H22N2O.2C2HF3O2/c1-17(2)13-11-5-3-4-6-12(11)15(14(13)18)7-9-16-10-8-15;2*3-2(4,5)1(6)7/h3-6,13-14,16,18H,7-10H2,1-2H3;2*(H,6,7)/t13-,14+;;/m1../s1. The molecule has 1 aromatic rings. The Morgan fingerprint density at radius 3 is 1.75 bits per heavy atom. The lowest BCUT2D eigenvalue weighted by Crippen LogP contribution is -2.47. The number of carboxylic acid groups (broad SMARTS) is 2. The molecule has 3 rings (SSSR count). The number of hydrogen-bond acceptors (Lipinski definition) is 5. The number of nitrogens with one attached hydrogen (secondary N) is 1. The van der Waals surface area contributed by atoms with Gasteiger partial charge in [0.2, 0.25) is 0 Å². The molecule has 1 saturated heterocycles. The van der Waals surface area contributed by atoms with Gasteiger partial charge >= 0.3 is 24.3 Å². The summed E-state index contributed by atoms with van der Waals surface area (Å²) in [6.07, 6.45) is -8.38. The van der Waals surface area contributed by atoms with Gasteiger partial charge in [0, 0.05) is 5.41 Å². The molecule has 0 amide bonds. The maximum Gasteiger partial charge on any atom is 0.490 e. The molecule has 0 saturated carbocycles. The second-order valence-electron chi connectivity index (χ2n) is 7.45. The van der Waals surface area contributed by atoms with Gasteiger partial charge in [0.05, 0.1) is 12.1 Å². The Hall–Kier alpha value is -2.38. The van der Waals surface area contributed by atoms with Crippen LogP contribution in [0.15, 0.2) is 24.3 Å². The zero-order valence-electron chi connectivity index (χ0n) is 17.2. The number of aliphatic hydroxyl groups excluding tert-OH is 1. The van der Waals surface area contributed by atoms with Crippen LogP contribution < -0.4 is 5.32 Å². The second kappa shape index (κ2) is 10.5. The van der Waals surface area contributed by atoms with Crippen molar-refractivity contribution < 1.29 is 51.3 Å². The van der Waals surface area contributed by atoms with Crippen LogP contribution in [0.25, 0.3) is 0 Å². The van der Waals surface area contributed by atoms with Gasteiger partial charge in [0.1, 0.15) is 0 Å². The molecule has 32 heavy (non-hydrogen) atoms. The molecule has 1 aliphatic carbocycles. The maximum absolute atomic E-state index is 10.9. The number of aliphatic carboxylic acids is 2. The van der Waals surface area contributed by atoms with Crippen molar-refractivity contribution in [3.63, 3.8) is 0 Å². The second-order valence-corrected chi connectivity index (χ2v) is 7.45. The number of fused-ring (bicyclic) bond motifs is 2. The summed E-state index contributed by atoms with van der Waals surface area (Å²) in [6, 6.07) is 8.72. The number of piperidine rings is 1. The third kappa shape index (κ3) is 6.56. The molecule has 0 unspecified atom stereocenters. The van der Waals surface area contributed by atoms with E-state index in [2.05, 4.69) is 48.6 Å². The molecule has 1 aromatic carbocycles. The number of likely N-dealkylation sites (N-methyl/N-ethyl adjacent to an activating group) is 1. The highest BCUT2D eigenvalue weighted by Crippen LogP contribution is 2.51. The summed E-state index contributed by atoms with van der Waals surface area (Å²) in [5.74, 6) is -5.51. The molecule has 4 N–H and O–H groups in total. The Morgan fingerprint density at radius 2 is 1.38 bits per heavy atom. The molecule has 1 spiro atoms. The zero-order valence-corrected chi connectivity index (χ0v) is 17.2. The van der Waals surface area contributed by atoms with Crippen LogP contribution in [-0.4, -0.2) is 77.8 Å². The van der Waals surface area contributed by atoms with E-state index in [0.717, 1.165) is 25.9 Å². The molecule has 0 radical (unpaired) electrons. The van der Waals surface area contributed by atoms with E-state index in [4.69, 9.17) is 19.8 Å². The lowest BCUT2D eigenvalue weighted by atomic mass is 9.72. The molecular formula is C19H24F6N2O5. The molecule has 2 atom stereocenters. The molecule has 13 heteroatoms. The number of carbonyl (C=O) groups is 2. The van der Waals surface area contributed by atoms with Gasteiger partial charge in [-0.1, -0.05) is 24.3 Å². The first-order valence-corrected chi connectivity index (χ1v) is 9.30. The molecule has 1 aliphatic heterocycles. The minimum absolute atomic E-state index is 0.0310. The Labute approximate surface area is 179 Å². The fourth-order valence-electron chi connectivity index (χ4n) is 3.84. The number of nitrogens with zero attached hydrogens (tertiary/aromatic N) is 1. The van der Waals surface area contributed by atoms with Crippen LogP contribution in [0.5, 0.6) is 0 Å². The molecule has 182 valence electrons. The molecular weight excluding hydrogens is 450 g/mol. The first-order valence-electron chi connectivity index (χ1n) is 9.30. The third-order valence-corrected chi connectivity index (χ3v) is 5.22. The van der Waals surface area contributed by atoms with Crippen molar-refractivity contribution in [3.05, 3.63) is 35.4 Å². The van der Waals surface area contributed by atoms with Crippen LogP contribution in [0.4, 0.5) is 26.3 Å². The van der Waals surface area contributed by atoms with Crippen LogP contribution in [0.3, 0.4) is 0 Å². The average molecular weight is 474 g/mol. The van der Waals surface area contributed by atoms with Gasteiger partial charge in [0.25, 0.3) is 0 Å². The highest BCUT2D eigenvalue weighted by Gasteiger charge is 2.52.